The Morgan fingerprint density at radius 2 is 1.91 bits per heavy atom. The molecule has 1 heterocycles. The number of nitrogens with zero attached hydrogens (tertiary/aromatic N) is 1. The fourth-order valence-corrected chi connectivity index (χ4v) is 3.89. The Kier molecular flexibility index (Phi) is 4.11. The highest BCUT2D eigenvalue weighted by molar-refractivity contribution is 6.46. The standard InChI is InChI=1S/C15H27BN2O4/c1-14(2,3)11(17-16(6)22)12(19)18-7-8-9(15(8,4)5)10(18)13(20)21/h8-11,17,22H,7H2,1-6H3,(H,20,21)/t8-,9-,10-,11+/m0/s1. The second kappa shape index (κ2) is 5.23. The number of carbonyl (C=O) groups is 2. The third-order valence-electron chi connectivity index (χ3n) is 5.27. The molecule has 2 fully saturated rings. The minimum absolute atomic E-state index is 0.00519. The molecular weight excluding hydrogens is 283 g/mol. The van der Waals surface area contributed by atoms with E-state index in [0.717, 1.165) is 0 Å². The van der Waals surface area contributed by atoms with E-state index in [1.54, 1.807) is 6.82 Å². The van der Waals surface area contributed by atoms with Crippen LogP contribution in [0.15, 0.2) is 0 Å². The number of carboxylic acids is 1. The van der Waals surface area contributed by atoms with Crippen LogP contribution in [-0.2, 0) is 9.59 Å². The highest BCUT2D eigenvalue weighted by Crippen LogP contribution is 2.64. The second-order valence-corrected chi connectivity index (χ2v) is 8.37. The molecule has 1 saturated heterocycles. The summed E-state index contributed by atoms with van der Waals surface area (Å²) < 4.78 is 0. The molecule has 124 valence electrons. The normalized spacial score (nSPS) is 30.7. The van der Waals surface area contributed by atoms with Gasteiger partial charge < -0.3 is 20.3 Å². The van der Waals surface area contributed by atoms with Gasteiger partial charge in [-0.15, -0.1) is 0 Å². The number of carboxylic acid groups (broad SMARTS) is 1. The summed E-state index contributed by atoms with van der Waals surface area (Å²) in [5.41, 5.74) is -0.422. The molecule has 0 bridgehead atoms. The topological polar surface area (TPSA) is 89.9 Å². The molecule has 0 spiro atoms. The van der Waals surface area contributed by atoms with Crippen molar-refractivity contribution >= 4 is 18.9 Å². The number of hydrogen-bond donors (Lipinski definition) is 3. The van der Waals surface area contributed by atoms with Gasteiger partial charge in [0.05, 0.1) is 6.04 Å². The molecular formula is C15H27BN2O4. The molecule has 0 aromatic rings. The number of piperidine rings is 1. The highest BCUT2D eigenvalue weighted by Gasteiger charge is 2.70. The summed E-state index contributed by atoms with van der Waals surface area (Å²) in [7, 11) is -0.829. The number of nitrogens with one attached hydrogen (secondary N) is 1. The van der Waals surface area contributed by atoms with Crippen LogP contribution in [-0.4, -0.2) is 52.6 Å². The van der Waals surface area contributed by atoms with Crippen LogP contribution in [0.25, 0.3) is 0 Å². The van der Waals surface area contributed by atoms with Crippen LogP contribution in [0.4, 0.5) is 0 Å². The van der Waals surface area contributed by atoms with E-state index in [9.17, 15) is 19.7 Å². The van der Waals surface area contributed by atoms with Crippen molar-refractivity contribution in [1.82, 2.24) is 10.1 Å². The number of amides is 1. The Bertz CT molecular complexity index is 486. The van der Waals surface area contributed by atoms with E-state index in [0.29, 0.717) is 6.54 Å². The zero-order valence-electron chi connectivity index (χ0n) is 14.3. The largest absolute Gasteiger partial charge is 0.480 e. The average Bonchev–Trinajstić information content (AvgIpc) is 2.74. The number of carbonyl (C=O) groups excluding carboxylic acids is 1. The van der Waals surface area contributed by atoms with Crippen molar-refractivity contribution in [1.29, 1.82) is 0 Å². The summed E-state index contributed by atoms with van der Waals surface area (Å²) in [6.45, 7) is 11.9. The van der Waals surface area contributed by atoms with Crippen LogP contribution >= 0.6 is 0 Å². The minimum atomic E-state index is -0.934. The van der Waals surface area contributed by atoms with E-state index in [4.69, 9.17) is 0 Å². The lowest BCUT2D eigenvalue weighted by Crippen LogP contribution is -2.59. The molecule has 0 aromatic carbocycles. The first-order chi connectivity index (χ1) is 9.89. The van der Waals surface area contributed by atoms with E-state index in [1.165, 1.54) is 4.90 Å². The first-order valence-electron chi connectivity index (χ1n) is 7.86. The molecule has 2 aliphatic rings. The van der Waals surface area contributed by atoms with E-state index in [-0.39, 0.29) is 23.2 Å². The lowest BCUT2D eigenvalue weighted by Gasteiger charge is -2.37. The van der Waals surface area contributed by atoms with Crippen molar-refractivity contribution in [3.8, 4) is 0 Å². The third-order valence-corrected chi connectivity index (χ3v) is 5.27. The summed E-state index contributed by atoms with van der Waals surface area (Å²) in [5.74, 6) is -0.884. The van der Waals surface area contributed by atoms with Crippen LogP contribution in [0, 0.1) is 22.7 Å². The third kappa shape index (κ3) is 2.76. The molecule has 0 aromatic heterocycles. The molecule has 1 aliphatic carbocycles. The molecule has 22 heavy (non-hydrogen) atoms. The molecule has 2 rings (SSSR count). The van der Waals surface area contributed by atoms with Crippen LogP contribution in [0.5, 0.6) is 0 Å². The predicted molar refractivity (Wildman–Crippen MR) is 84.1 cm³/mol. The maximum Gasteiger partial charge on any atom is 0.374 e. The van der Waals surface area contributed by atoms with Gasteiger partial charge in [-0.25, -0.2) is 4.79 Å². The number of rotatable bonds is 4. The smallest absolute Gasteiger partial charge is 0.374 e. The van der Waals surface area contributed by atoms with Crippen LogP contribution in [0.2, 0.25) is 6.82 Å². The van der Waals surface area contributed by atoms with Crippen molar-refractivity contribution in [2.24, 2.45) is 22.7 Å². The van der Waals surface area contributed by atoms with E-state index < -0.39 is 30.5 Å². The average molecular weight is 310 g/mol. The Morgan fingerprint density at radius 1 is 1.36 bits per heavy atom. The Hall–Kier alpha value is -1.08. The first-order valence-corrected chi connectivity index (χ1v) is 7.86. The van der Waals surface area contributed by atoms with Crippen LogP contribution < -0.4 is 5.23 Å². The Morgan fingerprint density at radius 3 is 2.32 bits per heavy atom. The van der Waals surface area contributed by atoms with Crippen molar-refractivity contribution < 1.29 is 19.7 Å². The van der Waals surface area contributed by atoms with Gasteiger partial charge in [0, 0.05) is 12.5 Å². The molecule has 6 nitrogen and oxygen atoms in total. The number of likely N-dealkylation sites (tertiary alicyclic amines) is 1. The van der Waals surface area contributed by atoms with E-state index >= 15 is 0 Å². The molecule has 1 amide bonds. The summed E-state index contributed by atoms with van der Waals surface area (Å²) in [6, 6.07) is -1.37. The monoisotopic (exact) mass is 310 g/mol. The van der Waals surface area contributed by atoms with Crippen molar-refractivity contribution in [3.05, 3.63) is 0 Å². The van der Waals surface area contributed by atoms with Gasteiger partial charge in [-0.2, -0.15) is 0 Å². The first kappa shape index (κ1) is 17.3. The zero-order chi connectivity index (χ0) is 17.0. The van der Waals surface area contributed by atoms with Gasteiger partial charge in [-0.05, 0) is 23.6 Å². The summed E-state index contributed by atoms with van der Waals surface area (Å²) in [6.07, 6.45) is 0. The van der Waals surface area contributed by atoms with Gasteiger partial charge in [0.25, 0.3) is 0 Å². The second-order valence-electron chi connectivity index (χ2n) is 8.37. The fourth-order valence-electron chi connectivity index (χ4n) is 3.89. The molecule has 7 heteroatoms. The SMILES string of the molecule is CB(O)N[C@H](C(=O)N1C[C@H]2[C@@H]([C@H]1C(=O)O)C2(C)C)C(C)(C)C. The van der Waals surface area contributed by atoms with Gasteiger partial charge in [-0.3, -0.25) is 4.79 Å². The van der Waals surface area contributed by atoms with Crippen LogP contribution in [0.1, 0.15) is 34.6 Å². The van der Waals surface area contributed by atoms with E-state index in [2.05, 4.69) is 19.1 Å². The van der Waals surface area contributed by atoms with Crippen LogP contribution in [0.3, 0.4) is 0 Å². The molecule has 0 radical (unpaired) electrons. The summed E-state index contributed by atoms with van der Waals surface area (Å²) >= 11 is 0. The maximum absolute atomic E-state index is 12.9. The number of fused-ring (bicyclic) bond motifs is 1. The van der Waals surface area contributed by atoms with Gasteiger partial charge in [0.1, 0.15) is 6.04 Å². The number of hydrogen-bond acceptors (Lipinski definition) is 4. The lowest BCUT2D eigenvalue weighted by atomic mass is 9.78. The van der Waals surface area contributed by atoms with Crippen molar-refractivity contribution in [2.45, 2.75) is 53.5 Å². The van der Waals surface area contributed by atoms with E-state index in [1.807, 2.05) is 20.8 Å². The quantitative estimate of drug-likeness (QED) is 0.664. The highest BCUT2D eigenvalue weighted by atomic mass is 16.4. The maximum atomic E-state index is 12.9. The molecule has 4 atom stereocenters. The Balaban J connectivity index is 2.23. The van der Waals surface area contributed by atoms with Gasteiger partial charge in [0.2, 0.25) is 5.91 Å². The molecule has 3 N–H and O–H groups in total. The van der Waals surface area contributed by atoms with Crippen molar-refractivity contribution in [3.63, 3.8) is 0 Å². The Labute approximate surface area is 132 Å². The van der Waals surface area contributed by atoms with Gasteiger partial charge in [-0.1, -0.05) is 34.6 Å². The lowest BCUT2D eigenvalue weighted by molar-refractivity contribution is -0.152. The van der Waals surface area contributed by atoms with Crippen molar-refractivity contribution in [2.75, 3.05) is 6.54 Å². The number of aliphatic carboxylic acids is 1. The zero-order valence-corrected chi connectivity index (χ0v) is 14.3. The molecule has 1 saturated carbocycles. The predicted octanol–water partition coefficient (Wildman–Crippen LogP) is 0.669. The van der Waals surface area contributed by atoms with Gasteiger partial charge in [0.15, 0.2) is 0 Å². The fraction of sp³-hybridized carbons (Fsp3) is 0.867. The summed E-state index contributed by atoms with van der Waals surface area (Å²) in [5, 5.41) is 22.0. The minimum Gasteiger partial charge on any atom is -0.480 e. The van der Waals surface area contributed by atoms with Gasteiger partial charge >= 0.3 is 13.0 Å². The molecule has 1 aliphatic heterocycles. The molecule has 0 unspecified atom stereocenters. The summed E-state index contributed by atoms with van der Waals surface area (Å²) in [4.78, 5) is 26.1.